The van der Waals surface area contributed by atoms with Crippen molar-refractivity contribution in [3.05, 3.63) is 75.2 Å². The van der Waals surface area contributed by atoms with Gasteiger partial charge in [-0.15, -0.1) is 0 Å². The molecule has 0 bridgehead atoms. The first-order chi connectivity index (χ1) is 13.8. The van der Waals surface area contributed by atoms with Crippen LogP contribution >= 0.6 is 0 Å². The van der Waals surface area contributed by atoms with Crippen LogP contribution in [0.3, 0.4) is 0 Å². The van der Waals surface area contributed by atoms with E-state index in [1.165, 1.54) is 21.6 Å². The van der Waals surface area contributed by atoms with Crippen LogP contribution in [0.25, 0.3) is 11.0 Å². The Kier molecular flexibility index (Phi) is 4.52. The lowest BCUT2D eigenvalue weighted by molar-refractivity contribution is -0.137. The SMILES string of the molecule is O=C(O)N1CCc2c(c(=O)n(Cc3ccc(C(F)(F)F)cc3)c3ncccc23)C1. The molecule has 3 heterocycles. The smallest absolute Gasteiger partial charge is 0.416 e. The molecule has 1 N–H and O–H groups in total. The summed E-state index contributed by atoms with van der Waals surface area (Å²) in [6.07, 6.45) is -3.59. The minimum Gasteiger partial charge on any atom is -0.465 e. The number of fused-ring (bicyclic) bond motifs is 3. The third kappa shape index (κ3) is 3.43. The van der Waals surface area contributed by atoms with Crippen molar-refractivity contribution in [2.45, 2.75) is 25.7 Å². The summed E-state index contributed by atoms with van der Waals surface area (Å²) in [7, 11) is 0. The highest BCUT2D eigenvalue weighted by Crippen LogP contribution is 2.29. The van der Waals surface area contributed by atoms with Gasteiger partial charge in [0.2, 0.25) is 0 Å². The molecule has 2 aromatic heterocycles. The number of halogens is 3. The van der Waals surface area contributed by atoms with Gasteiger partial charge in [0.25, 0.3) is 5.56 Å². The average molecular weight is 403 g/mol. The Labute approximate surface area is 162 Å². The molecule has 150 valence electrons. The predicted molar refractivity (Wildman–Crippen MR) is 98.7 cm³/mol. The van der Waals surface area contributed by atoms with Crippen molar-refractivity contribution in [1.29, 1.82) is 0 Å². The van der Waals surface area contributed by atoms with Crippen LogP contribution in [0.15, 0.2) is 47.4 Å². The molecule has 0 radical (unpaired) electrons. The Balaban J connectivity index is 1.81. The lowest BCUT2D eigenvalue weighted by Crippen LogP contribution is -2.40. The Morgan fingerprint density at radius 3 is 2.52 bits per heavy atom. The monoisotopic (exact) mass is 403 g/mol. The summed E-state index contributed by atoms with van der Waals surface area (Å²) in [6.45, 7) is 0.293. The summed E-state index contributed by atoms with van der Waals surface area (Å²) in [5, 5.41) is 10.0. The zero-order valence-electron chi connectivity index (χ0n) is 15.1. The first-order valence-corrected chi connectivity index (χ1v) is 8.89. The average Bonchev–Trinajstić information content (AvgIpc) is 2.70. The van der Waals surface area contributed by atoms with Gasteiger partial charge in [-0.2, -0.15) is 13.2 Å². The van der Waals surface area contributed by atoms with E-state index in [4.69, 9.17) is 0 Å². The number of rotatable bonds is 2. The number of pyridine rings is 2. The molecule has 1 amide bonds. The van der Waals surface area contributed by atoms with Gasteiger partial charge in [-0.3, -0.25) is 9.36 Å². The molecule has 1 aliphatic rings. The van der Waals surface area contributed by atoms with Crippen LogP contribution in [0.1, 0.15) is 22.3 Å². The molecule has 0 unspecified atom stereocenters. The van der Waals surface area contributed by atoms with Gasteiger partial charge in [-0.05, 0) is 41.8 Å². The number of carboxylic acid groups (broad SMARTS) is 1. The van der Waals surface area contributed by atoms with Crippen LogP contribution in [0.2, 0.25) is 0 Å². The highest BCUT2D eigenvalue weighted by Gasteiger charge is 2.30. The first-order valence-electron chi connectivity index (χ1n) is 8.89. The van der Waals surface area contributed by atoms with E-state index < -0.39 is 17.8 Å². The largest absolute Gasteiger partial charge is 0.465 e. The van der Waals surface area contributed by atoms with E-state index in [0.29, 0.717) is 23.2 Å². The number of benzene rings is 1. The fraction of sp³-hybridized carbons (Fsp3) is 0.250. The third-order valence-corrected chi connectivity index (χ3v) is 5.11. The van der Waals surface area contributed by atoms with E-state index in [1.807, 2.05) is 6.07 Å². The highest BCUT2D eigenvalue weighted by atomic mass is 19.4. The van der Waals surface area contributed by atoms with Gasteiger partial charge < -0.3 is 10.0 Å². The summed E-state index contributed by atoms with van der Waals surface area (Å²) in [5.74, 6) is 0. The second kappa shape index (κ2) is 6.91. The molecule has 29 heavy (non-hydrogen) atoms. The summed E-state index contributed by atoms with van der Waals surface area (Å²) in [5.41, 5.74) is 0.958. The molecule has 1 aliphatic heterocycles. The molecular formula is C20H16F3N3O3. The molecule has 0 atom stereocenters. The van der Waals surface area contributed by atoms with E-state index in [1.54, 1.807) is 12.3 Å². The second-order valence-electron chi connectivity index (χ2n) is 6.87. The van der Waals surface area contributed by atoms with Gasteiger partial charge >= 0.3 is 12.3 Å². The standard InChI is InChI=1S/C20H16F3N3O3/c21-20(22,23)13-5-3-12(4-6-13)10-26-17-15(2-1-8-24-17)14-7-9-25(19(28)29)11-16(14)18(26)27/h1-6,8H,7,9-11H2,(H,28,29). The number of alkyl halides is 3. The van der Waals surface area contributed by atoms with Crippen LogP contribution in [-0.4, -0.2) is 32.2 Å². The number of carbonyl (C=O) groups is 1. The van der Waals surface area contributed by atoms with Crippen molar-refractivity contribution in [1.82, 2.24) is 14.5 Å². The lowest BCUT2D eigenvalue weighted by Gasteiger charge is -2.27. The zero-order valence-corrected chi connectivity index (χ0v) is 15.1. The maximum Gasteiger partial charge on any atom is 0.416 e. The van der Waals surface area contributed by atoms with Gasteiger partial charge in [-0.1, -0.05) is 12.1 Å². The number of aromatic nitrogens is 2. The van der Waals surface area contributed by atoms with Crippen LogP contribution in [-0.2, 0) is 25.7 Å². The van der Waals surface area contributed by atoms with Crippen LogP contribution < -0.4 is 5.56 Å². The van der Waals surface area contributed by atoms with Crippen molar-refractivity contribution < 1.29 is 23.1 Å². The summed E-state index contributed by atoms with van der Waals surface area (Å²) < 4.78 is 39.8. The lowest BCUT2D eigenvalue weighted by atomic mass is 9.97. The quantitative estimate of drug-likeness (QED) is 0.711. The van der Waals surface area contributed by atoms with Crippen LogP contribution in [0, 0.1) is 0 Å². The van der Waals surface area contributed by atoms with Crippen LogP contribution in [0.5, 0.6) is 0 Å². The fourth-order valence-electron chi connectivity index (χ4n) is 3.66. The number of nitrogens with zero attached hydrogens (tertiary/aromatic N) is 3. The van der Waals surface area contributed by atoms with E-state index in [0.717, 1.165) is 23.1 Å². The van der Waals surface area contributed by atoms with E-state index in [2.05, 4.69) is 4.98 Å². The normalized spacial score (nSPS) is 14.1. The highest BCUT2D eigenvalue weighted by molar-refractivity contribution is 5.81. The Bertz CT molecular complexity index is 1150. The van der Waals surface area contributed by atoms with Gasteiger partial charge in [0.1, 0.15) is 5.65 Å². The zero-order chi connectivity index (χ0) is 20.8. The molecule has 0 saturated heterocycles. The summed E-state index contributed by atoms with van der Waals surface area (Å²) >= 11 is 0. The maximum atomic E-state index is 13.1. The first kappa shape index (κ1) is 19.0. The number of amides is 1. The second-order valence-corrected chi connectivity index (χ2v) is 6.87. The van der Waals surface area contributed by atoms with E-state index >= 15 is 0 Å². The number of hydrogen-bond donors (Lipinski definition) is 1. The molecule has 0 aliphatic carbocycles. The minimum atomic E-state index is -4.43. The van der Waals surface area contributed by atoms with Crippen LogP contribution in [0.4, 0.5) is 18.0 Å². The van der Waals surface area contributed by atoms with Gasteiger partial charge in [-0.25, -0.2) is 9.78 Å². The Hall–Kier alpha value is -3.36. The van der Waals surface area contributed by atoms with Crippen molar-refractivity contribution in [2.75, 3.05) is 6.54 Å². The van der Waals surface area contributed by atoms with Gasteiger partial charge in [0.15, 0.2) is 0 Å². The van der Waals surface area contributed by atoms with Crippen molar-refractivity contribution in [3.63, 3.8) is 0 Å². The molecule has 0 saturated carbocycles. The fourth-order valence-corrected chi connectivity index (χ4v) is 3.66. The Morgan fingerprint density at radius 1 is 1.14 bits per heavy atom. The summed E-state index contributed by atoms with van der Waals surface area (Å²) in [4.78, 5) is 30.0. The van der Waals surface area contributed by atoms with E-state index in [9.17, 15) is 27.9 Å². The maximum absolute atomic E-state index is 13.1. The molecular weight excluding hydrogens is 387 g/mol. The van der Waals surface area contributed by atoms with Crippen molar-refractivity contribution in [2.24, 2.45) is 0 Å². The van der Waals surface area contributed by atoms with Crippen molar-refractivity contribution >= 4 is 17.1 Å². The van der Waals surface area contributed by atoms with Crippen molar-refractivity contribution in [3.8, 4) is 0 Å². The third-order valence-electron chi connectivity index (χ3n) is 5.11. The topological polar surface area (TPSA) is 75.4 Å². The molecule has 6 nitrogen and oxygen atoms in total. The van der Waals surface area contributed by atoms with E-state index in [-0.39, 0.29) is 25.2 Å². The molecule has 1 aromatic carbocycles. The molecule has 9 heteroatoms. The predicted octanol–water partition coefficient (Wildman–Crippen LogP) is 3.50. The molecule has 0 fully saturated rings. The van der Waals surface area contributed by atoms with Gasteiger partial charge in [0, 0.05) is 23.7 Å². The summed E-state index contributed by atoms with van der Waals surface area (Å²) in [6, 6.07) is 8.15. The minimum absolute atomic E-state index is 0.0264. The Morgan fingerprint density at radius 2 is 1.86 bits per heavy atom. The van der Waals surface area contributed by atoms with Gasteiger partial charge in [0.05, 0.1) is 18.7 Å². The molecule has 0 spiro atoms. The number of hydrogen-bond acceptors (Lipinski definition) is 3. The molecule has 4 rings (SSSR count). The molecule has 3 aromatic rings.